The number of piperazine rings is 1. The van der Waals surface area contributed by atoms with Gasteiger partial charge < -0.3 is 9.64 Å². The fourth-order valence-corrected chi connectivity index (χ4v) is 5.66. The number of nitriles is 1. The zero-order chi connectivity index (χ0) is 30.2. The maximum atomic E-state index is 13.6. The Hall–Kier alpha value is -4.41. The Bertz CT molecular complexity index is 1630. The van der Waals surface area contributed by atoms with Crippen LogP contribution in [0.25, 0.3) is 0 Å². The van der Waals surface area contributed by atoms with Crippen molar-refractivity contribution in [1.82, 2.24) is 24.6 Å². The minimum absolute atomic E-state index is 0.0151. The van der Waals surface area contributed by atoms with Gasteiger partial charge in [-0.05, 0) is 54.9 Å². The van der Waals surface area contributed by atoms with Crippen LogP contribution in [-0.4, -0.2) is 70.4 Å². The Labute approximate surface area is 240 Å². The highest BCUT2D eigenvalue weighted by Crippen LogP contribution is 2.43. The Morgan fingerprint density at radius 2 is 1.86 bits per heavy atom. The molecule has 3 heterocycles. The van der Waals surface area contributed by atoms with Gasteiger partial charge in [0.05, 0.1) is 29.9 Å². The van der Waals surface area contributed by atoms with E-state index in [-0.39, 0.29) is 22.9 Å². The monoisotopic (exact) mass is 581 g/mol. The van der Waals surface area contributed by atoms with Gasteiger partial charge in [0, 0.05) is 44.1 Å². The number of methoxy groups -OCH3 is 1. The van der Waals surface area contributed by atoms with E-state index in [1.54, 1.807) is 25.1 Å². The third-order valence-electron chi connectivity index (χ3n) is 7.85. The number of benzene rings is 2. The number of ether oxygens (including phenoxy) is 1. The molecule has 42 heavy (non-hydrogen) atoms. The van der Waals surface area contributed by atoms with Crippen molar-refractivity contribution in [2.45, 2.75) is 32.6 Å². The van der Waals surface area contributed by atoms with Gasteiger partial charge in [0.1, 0.15) is 6.04 Å². The lowest BCUT2D eigenvalue weighted by atomic mass is 9.89. The Balaban J connectivity index is 1.68. The molecule has 1 fully saturated rings. The summed E-state index contributed by atoms with van der Waals surface area (Å²) in [6.07, 6.45) is -4.61. The van der Waals surface area contributed by atoms with E-state index in [1.165, 1.54) is 28.7 Å². The van der Waals surface area contributed by atoms with Crippen LogP contribution in [0.1, 0.15) is 42.1 Å². The normalized spacial score (nSPS) is 18.1. The lowest BCUT2D eigenvalue weighted by Gasteiger charge is -2.37. The van der Waals surface area contributed by atoms with Crippen LogP contribution in [0.3, 0.4) is 0 Å². The number of fused-ring (bicyclic) bond motifs is 1. The van der Waals surface area contributed by atoms with Gasteiger partial charge in [-0.2, -0.15) is 18.4 Å². The molecular weight excluding hydrogens is 551 g/mol. The van der Waals surface area contributed by atoms with Crippen molar-refractivity contribution in [2.75, 3.05) is 44.7 Å². The molecule has 1 saturated heterocycles. The molecule has 1 N–H and O–H groups in total. The number of carbonyl (C=O) groups excluding carboxylic acids is 1. The number of halogens is 3. The standard InChI is InChI=1S/C29H30F3N7O3/c1-4-36-10-12-37(13-11-36)17-20-14-19(16-33)8-9-23(20)25-24(26(40)42-3)18(2)38(27-34-35-28(41)39(25)27)22-7-5-6-21(15-22)29(30,31)32/h5-9,14-15,25H,4,10-13,17H2,1-3H3,(H,35,41)/t25-/m1/s1. The summed E-state index contributed by atoms with van der Waals surface area (Å²) >= 11 is 0. The number of nitrogens with zero attached hydrogens (tertiary/aromatic N) is 6. The van der Waals surface area contributed by atoms with E-state index in [2.05, 4.69) is 33.0 Å². The largest absolute Gasteiger partial charge is 0.466 e. The van der Waals surface area contributed by atoms with Gasteiger partial charge >= 0.3 is 17.8 Å². The number of H-pyrrole nitrogens is 1. The first kappa shape index (κ1) is 29.1. The van der Waals surface area contributed by atoms with Crippen LogP contribution in [0.4, 0.5) is 24.8 Å². The molecule has 2 aliphatic rings. The second-order valence-corrected chi connectivity index (χ2v) is 10.2. The molecule has 0 radical (unpaired) electrons. The van der Waals surface area contributed by atoms with Crippen LogP contribution >= 0.6 is 0 Å². The average molecular weight is 582 g/mol. The lowest BCUT2D eigenvalue weighted by Crippen LogP contribution is -2.45. The number of alkyl halides is 3. The number of hydrogen-bond donors (Lipinski definition) is 1. The van der Waals surface area contributed by atoms with Crippen LogP contribution in [0.15, 0.2) is 58.5 Å². The summed E-state index contributed by atoms with van der Waals surface area (Å²) in [5, 5.41) is 16.2. The van der Waals surface area contributed by atoms with E-state index in [1.807, 2.05) is 0 Å². The summed E-state index contributed by atoms with van der Waals surface area (Å²) < 4.78 is 47.2. The third-order valence-corrected chi connectivity index (χ3v) is 7.85. The van der Waals surface area contributed by atoms with E-state index in [4.69, 9.17) is 4.74 Å². The third kappa shape index (κ3) is 5.31. The number of aromatic amines is 1. The molecule has 0 aliphatic carbocycles. The summed E-state index contributed by atoms with van der Waals surface area (Å²) in [6.45, 7) is 8.47. The number of nitrogens with one attached hydrogen (secondary N) is 1. The first-order valence-electron chi connectivity index (χ1n) is 13.5. The zero-order valence-electron chi connectivity index (χ0n) is 23.4. The predicted octanol–water partition coefficient (Wildman–Crippen LogP) is 3.79. The highest BCUT2D eigenvalue weighted by molar-refractivity contribution is 5.93. The Kier molecular flexibility index (Phi) is 7.94. The molecular formula is C29H30F3N7O3. The molecule has 0 unspecified atom stereocenters. The summed E-state index contributed by atoms with van der Waals surface area (Å²) in [7, 11) is 1.20. The number of anilines is 2. The minimum atomic E-state index is -4.61. The molecule has 13 heteroatoms. The first-order valence-corrected chi connectivity index (χ1v) is 13.5. The van der Waals surface area contributed by atoms with Crippen LogP contribution in [0.5, 0.6) is 0 Å². The molecule has 0 spiro atoms. The molecule has 5 rings (SSSR count). The lowest BCUT2D eigenvalue weighted by molar-refractivity contribution is -0.138. The van der Waals surface area contributed by atoms with E-state index < -0.39 is 29.4 Å². The zero-order valence-corrected chi connectivity index (χ0v) is 23.4. The molecule has 0 amide bonds. The second-order valence-electron chi connectivity index (χ2n) is 10.2. The molecule has 0 bridgehead atoms. The van der Waals surface area contributed by atoms with Crippen molar-refractivity contribution < 1.29 is 22.7 Å². The fourth-order valence-electron chi connectivity index (χ4n) is 5.66. The maximum absolute atomic E-state index is 13.6. The van der Waals surface area contributed by atoms with Crippen LogP contribution in [-0.2, 0) is 22.3 Å². The van der Waals surface area contributed by atoms with Crippen molar-refractivity contribution in [3.63, 3.8) is 0 Å². The number of rotatable bonds is 6. The molecule has 2 aromatic carbocycles. The van der Waals surface area contributed by atoms with E-state index >= 15 is 0 Å². The van der Waals surface area contributed by atoms with Crippen molar-refractivity contribution in [1.29, 1.82) is 5.26 Å². The minimum Gasteiger partial charge on any atom is -0.466 e. The quantitative estimate of drug-likeness (QED) is 0.438. The van der Waals surface area contributed by atoms with Crippen molar-refractivity contribution in [3.05, 3.63) is 86.5 Å². The second kappa shape index (κ2) is 11.5. The van der Waals surface area contributed by atoms with Crippen LogP contribution < -0.4 is 10.6 Å². The number of hydrogen-bond acceptors (Lipinski definition) is 8. The molecule has 220 valence electrons. The van der Waals surface area contributed by atoms with Crippen LogP contribution in [0, 0.1) is 11.3 Å². The summed E-state index contributed by atoms with van der Waals surface area (Å²) in [4.78, 5) is 32.6. The summed E-state index contributed by atoms with van der Waals surface area (Å²) in [5.41, 5.74) is 0.574. The maximum Gasteiger partial charge on any atom is 0.416 e. The SMILES string of the molecule is CCN1CCN(Cc2cc(C#N)ccc2[C@@H]2C(C(=O)OC)=C(C)N(c3cccc(C(F)(F)F)c3)c3n[nH]c(=O)n32)CC1. The average Bonchev–Trinajstić information content (AvgIpc) is 3.36. The molecule has 0 saturated carbocycles. The molecule has 3 aromatic rings. The van der Waals surface area contributed by atoms with Gasteiger partial charge in [-0.15, -0.1) is 5.10 Å². The number of carbonyl (C=O) groups is 1. The van der Waals surface area contributed by atoms with E-state index in [9.17, 15) is 28.0 Å². The first-order chi connectivity index (χ1) is 20.1. The van der Waals surface area contributed by atoms with Gasteiger partial charge in [-0.3, -0.25) is 9.80 Å². The highest BCUT2D eigenvalue weighted by Gasteiger charge is 2.41. The van der Waals surface area contributed by atoms with Crippen molar-refractivity contribution >= 4 is 17.6 Å². The summed E-state index contributed by atoms with van der Waals surface area (Å²) in [5.74, 6) is -0.735. The predicted molar refractivity (Wildman–Crippen MR) is 148 cm³/mol. The van der Waals surface area contributed by atoms with Crippen molar-refractivity contribution in [2.24, 2.45) is 0 Å². The van der Waals surface area contributed by atoms with Gasteiger partial charge in [0.2, 0.25) is 5.95 Å². The van der Waals surface area contributed by atoms with E-state index in [0.717, 1.165) is 50.4 Å². The number of esters is 1. The molecule has 1 atom stereocenters. The fraction of sp³-hybridized carbons (Fsp3) is 0.379. The Morgan fingerprint density at radius 3 is 2.50 bits per heavy atom. The number of aromatic nitrogens is 3. The highest BCUT2D eigenvalue weighted by atomic mass is 19.4. The summed E-state index contributed by atoms with van der Waals surface area (Å²) in [6, 6.07) is 10.8. The molecule has 1 aromatic heterocycles. The number of allylic oxidation sites excluding steroid dienone is 1. The number of likely N-dealkylation sites (N-methyl/N-ethyl adjacent to an activating group) is 1. The molecule has 10 nitrogen and oxygen atoms in total. The Morgan fingerprint density at radius 1 is 1.14 bits per heavy atom. The van der Waals surface area contributed by atoms with Gasteiger partial charge in [0.15, 0.2) is 0 Å². The van der Waals surface area contributed by atoms with E-state index in [0.29, 0.717) is 17.7 Å². The van der Waals surface area contributed by atoms with Gasteiger partial charge in [-0.1, -0.05) is 19.1 Å². The smallest absolute Gasteiger partial charge is 0.416 e. The van der Waals surface area contributed by atoms with Crippen LogP contribution in [0.2, 0.25) is 0 Å². The van der Waals surface area contributed by atoms with Gasteiger partial charge in [-0.25, -0.2) is 19.3 Å². The van der Waals surface area contributed by atoms with Crippen molar-refractivity contribution in [3.8, 4) is 6.07 Å². The topological polar surface area (TPSA) is 110 Å². The van der Waals surface area contributed by atoms with Gasteiger partial charge in [0.25, 0.3) is 0 Å². The molecule has 2 aliphatic heterocycles.